The van der Waals surface area contributed by atoms with Crippen LogP contribution >= 0.6 is 0 Å². The summed E-state index contributed by atoms with van der Waals surface area (Å²) in [6.45, 7) is 1.29. The lowest BCUT2D eigenvalue weighted by Crippen LogP contribution is -2.12. The number of rotatable bonds is 7. The van der Waals surface area contributed by atoms with Gasteiger partial charge in [-0.25, -0.2) is 0 Å². The maximum absolute atomic E-state index is 12.4. The van der Waals surface area contributed by atoms with Gasteiger partial charge in [-0.15, -0.1) is 0 Å². The molecular formula is C25H22N2O5. The number of hydrogen-bond donors (Lipinski definition) is 2. The van der Waals surface area contributed by atoms with E-state index in [1.54, 1.807) is 55.7 Å². The van der Waals surface area contributed by atoms with Crippen LogP contribution in [-0.2, 0) is 9.59 Å². The summed E-state index contributed by atoms with van der Waals surface area (Å²) in [5.74, 6) is -0.0871. The summed E-state index contributed by atoms with van der Waals surface area (Å²) < 4.78 is 10.2. The van der Waals surface area contributed by atoms with Crippen molar-refractivity contribution >= 4 is 35.2 Å². The van der Waals surface area contributed by atoms with E-state index in [2.05, 4.69) is 10.6 Å². The molecule has 0 saturated heterocycles. The highest BCUT2D eigenvalue weighted by molar-refractivity contribution is 6.05. The number of hydrogen-bond acceptors (Lipinski definition) is 5. The zero-order chi connectivity index (χ0) is 22.9. The van der Waals surface area contributed by atoms with Crippen molar-refractivity contribution < 1.29 is 23.9 Å². The molecule has 0 bridgehead atoms. The summed E-state index contributed by atoms with van der Waals surface area (Å²) in [5.41, 5.74) is 2.33. The van der Waals surface area contributed by atoms with Gasteiger partial charge in [-0.1, -0.05) is 18.2 Å². The molecule has 2 N–H and O–H groups in total. The third-order valence-corrected chi connectivity index (χ3v) is 4.29. The molecule has 0 spiro atoms. The number of carbonyl (C=O) groups is 3. The highest BCUT2D eigenvalue weighted by Crippen LogP contribution is 2.18. The number of methoxy groups -OCH3 is 1. The van der Waals surface area contributed by atoms with Gasteiger partial charge < -0.3 is 20.1 Å². The van der Waals surface area contributed by atoms with E-state index in [1.165, 1.54) is 19.1 Å². The fourth-order valence-corrected chi connectivity index (χ4v) is 2.81. The van der Waals surface area contributed by atoms with E-state index in [0.717, 1.165) is 5.56 Å². The molecule has 32 heavy (non-hydrogen) atoms. The molecule has 0 aliphatic carbocycles. The first-order valence-corrected chi connectivity index (χ1v) is 9.76. The van der Waals surface area contributed by atoms with E-state index in [-0.39, 0.29) is 11.8 Å². The lowest BCUT2D eigenvalue weighted by atomic mass is 10.2. The monoisotopic (exact) mass is 430 g/mol. The number of carbonyl (C=O) groups excluding carboxylic acids is 3. The van der Waals surface area contributed by atoms with Crippen molar-refractivity contribution in [2.45, 2.75) is 6.92 Å². The number of nitrogens with one attached hydrogen (secondary N) is 2. The highest BCUT2D eigenvalue weighted by Gasteiger charge is 2.09. The average Bonchev–Trinajstić information content (AvgIpc) is 2.79. The fraction of sp³-hybridized carbons (Fsp3) is 0.0800. The second-order valence-electron chi connectivity index (χ2n) is 6.75. The van der Waals surface area contributed by atoms with Crippen molar-refractivity contribution in [1.82, 2.24) is 0 Å². The van der Waals surface area contributed by atoms with Gasteiger partial charge in [-0.3, -0.25) is 14.4 Å². The molecule has 0 aliphatic rings. The van der Waals surface area contributed by atoms with E-state index < -0.39 is 5.97 Å². The molecule has 3 aromatic rings. The molecule has 3 aromatic carbocycles. The van der Waals surface area contributed by atoms with Crippen LogP contribution in [0.1, 0.15) is 22.8 Å². The van der Waals surface area contributed by atoms with Crippen LogP contribution in [0.3, 0.4) is 0 Å². The minimum atomic E-state index is -0.460. The predicted octanol–water partition coefficient (Wildman–Crippen LogP) is 4.52. The van der Waals surface area contributed by atoms with Crippen LogP contribution in [0.5, 0.6) is 11.5 Å². The molecule has 7 heteroatoms. The minimum absolute atomic E-state index is 0.285. The van der Waals surface area contributed by atoms with Crippen LogP contribution in [0.2, 0.25) is 0 Å². The lowest BCUT2D eigenvalue weighted by Gasteiger charge is -2.08. The van der Waals surface area contributed by atoms with Gasteiger partial charge in [0.25, 0.3) is 5.91 Å². The molecule has 3 rings (SSSR count). The second-order valence-corrected chi connectivity index (χ2v) is 6.75. The summed E-state index contributed by atoms with van der Waals surface area (Å²) in [6.07, 6.45) is 3.12. The normalized spacial score (nSPS) is 10.4. The van der Waals surface area contributed by atoms with Crippen molar-refractivity contribution in [2.24, 2.45) is 0 Å². The molecule has 0 atom stereocenters. The summed E-state index contributed by atoms with van der Waals surface area (Å²) in [4.78, 5) is 35.7. The molecular weight excluding hydrogens is 408 g/mol. The maximum Gasteiger partial charge on any atom is 0.308 e. The van der Waals surface area contributed by atoms with E-state index in [4.69, 9.17) is 9.47 Å². The number of ether oxygens (including phenoxy) is 2. The average molecular weight is 430 g/mol. The molecule has 0 fully saturated rings. The van der Waals surface area contributed by atoms with Crippen LogP contribution in [0.4, 0.5) is 11.4 Å². The van der Waals surface area contributed by atoms with Crippen LogP contribution in [0.15, 0.2) is 78.9 Å². The molecule has 0 saturated carbocycles. The van der Waals surface area contributed by atoms with Crippen LogP contribution < -0.4 is 20.1 Å². The van der Waals surface area contributed by atoms with E-state index in [0.29, 0.717) is 28.4 Å². The third-order valence-electron chi connectivity index (χ3n) is 4.29. The highest BCUT2D eigenvalue weighted by atomic mass is 16.5. The van der Waals surface area contributed by atoms with Gasteiger partial charge in [0.1, 0.15) is 11.5 Å². The number of anilines is 2. The molecule has 0 radical (unpaired) electrons. The zero-order valence-electron chi connectivity index (χ0n) is 17.6. The standard InChI is InChI=1S/C25H22N2O5/c1-17(28)32-23-8-4-6-19(16-23)25(30)27-21-12-10-20(11-13-21)26-24(29)14-9-18-5-3-7-22(15-18)31-2/h3-16H,1-2H3,(H,26,29)(H,27,30)/b14-9+. The van der Waals surface area contributed by atoms with Crippen molar-refractivity contribution in [3.8, 4) is 11.5 Å². The van der Waals surface area contributed by atoms with Gasteiger partial charge in [0.2, 0.25) is 5.91 Å². The Balaban J connectivity index is 1.57. The maximum atomic E-state index is 12.4. The molecule has 0 aromatic heterocycles. The van der Waals surface area contributed by atoms with Gasteiger partial charge in [0, 0.05) is 29.9 Å². The van der Waals surface area contributed by atoms with Crippen molar-refractivity contribution in [3.63, 3.8) is 0 Å². The SMILES string of the molecule is COc1cccc(/C=C/C(=O)Nc2ccc(NC(=O)c3cccc(OC(C)=O)c3)cc2)c1. The van der Waals surface area contributed by atoms with E-state index in [9.17, 15) is 14.4 Å². The molecule has 0 unspecified atom stereocenters. The van der Waals surface area contributed by atoms with Crippen molar-refractivity contribution in [2.75, 3.05) is 17.7 Å². The fourth-order valence-electron chi connectivity index (χ4n) is 2.81. The lowest BCUT2D eigenvalue weighted by molar-refractivity contribution is -0.131. The van der Waals surface area contributed by atoms with Gasteiger partial charge in [-0.2, -0.15) is 0 Å². The zero-order valence-corrected chi connectivity index (χ0v) is 17.6. The predicted molar refractivity (Wildman–Crippen MR) is 123 cm³/mol. The largest absolute Gasteiger partial charge is 0.497 e. The Morgan fingerprint density at radius 1 is 0.812 bits per heavy atom. The molecule has 162 valence electrons. The smallest absolute Gasteiger partial charge is 0.308 e. The van der Waals surface area contributed by atoms with Gasteiger partial charge in [0.15, 0.2) is 0 Å². The summed E-state index contributed by atoms with van der Waals surface area (Å²) in [7, 11) is 1.59. The molecule has 0 heterocycles. The van der Waals surface area contributed by atoms with Crippen LogP contribution in [0, 0.1) is 0 Å². The molecule has 2 amide bonds. The Hall–Kier alpha value is -4.39. The second kappa shape index (κ2) is 10.6. The Morgan fingerprint density at radius 3 is 2.16 bits per heavy atom. The molecule has 7 nitrogen and oxygen atoms in total. The van der Waals surface area contributed by atoms with E-state index in [1.807, 2.05) is 24.3 Å². The van der Waals surface area contributed by atoms with Gasteiger partial charge >= 0.3 is 5.97 Å². The first-order chi connectivity index (χ1) is 15.4. The number of amides is 2. The minimum Gasteiger partial charge on any atom is -0.497 e. The molecule has 0 aliphatic heterocycles. The van der Waals surface area contributed by atoms with E-state index >= 15 is 0 Å². The third kappa shape index (κ3) is 6.56. The quantitative estimate of drug-likeness (QED) is 0.326. The van der Waals surface area contributed by atoms with Crippen molar-refractivity contribution in [3.05, 3.63) is 90.0 Å². The number of benzene rings is 3. The van der Waals surface area contributed by atoms with Gasteiger partial charge in [0.05, 0.1) is 7.11 Å². The van der Waals surface area contributed by atoms with Gasteiger partial charge in [-0.05, 0) is 66.2 Å². The summed E-state index contributed by atoms with van der Waals surface area (Å²) in [6, 6.07) is 20.4. The first-order valence-electron chi connectivity index (χ1n) is 9.76. The Bertz CT molecular complexity index is 1150. The van der Waals surface area contributed by atoms with Crippen LogP contribution in [-0.4, -0.2) is 24.9 Å². The summed E-state index contributed by atoms with van der Waals surface area (Å²) >= 11 is 0. The van der Waals surface area contributed by atoms with Crippen LogP contribution in [0.25, 0.3) is 6.08 Å². The summed E-state index contributed by atoms with van der Waals surface area (Å²) in [5, 5.41) is 5.52. The van der Waals surface area contributed by atoms with Crippen molar-refractivity contribution in [1.29, 1.82) is 0 Å². The topological polar surface area (TPSA) is 93.7 Å². The number of esters is 1. The Kier molecular flexibility index (Phi) is 7.37. The Labute approximate surface area is 185 Å². The Morgan fingerprint density at radius 2 is 1.47 bits per heavy atom. The first kappa shape index (κ1) is 22.3.